The van der Waals surface area contributed by atoms with Gasteiger partial charge in [-0.25, -0.2) is 4.98 Å². The fraction of sp³-hybridized carbons (Fsp3) is 0.636. The van der Waals surface area contributed by atoms with Crippen LogP contribution in [0.2, 0.25) is 5.15 Å². The van der Waals surface area contributed by atoms with Crippen LogP contribution in [0.25, 0.3) is 0 Å². The predicted molar refractivity (Wildman–Crippen MR) is 69.4 cm³/mol. The Bertz CT molecular complexity index is 424. The molecule has 1 aromatic rings. The smallest absolute Gasteiger partial charge is 0.187 e. The van der Waals surface area contributed by atoms with E-state index in [-0.39, 0.29) is 5.60 Å². The van der Waals surface area contributed by atoms with Gasteiger partial charge in [0.05, 0.1) is 5.60 Å². The van der Waals surface area contributed by atoms with Crippen LogP contribution in [-0.4, -0.2) is 37.1 Å². The monoisotopic (exact) mass is 274 g/mol. The van der Waals surface area contributed by atoms with Gasteiger partial charge in [0.1, 0.15) is 4.88 Å². The Balaban J connectivity index is 2.19. The molecule has 4 nitrogen and oxygen atoms in total. The number of carbonyl (C=O) groups is 1. The highest BCUT2D eigenvalue weighted by molar-refractivity contribution is 7.17. The summed E-state index contributed by atoms with van der Waals surface area (Å²) in [5, 5.41) is 1.10. The lowest BCUT2D eigenvalue weighted by Crippen LogP contribution is -2.47. The number of nitrogens with zero attached hydrogens (tertiary/aromatic N) is 2. The first-order valence-corrected chi connectivity index (χ1v) is 6.69. The van der Waals surface area contributed by atoms with Gasteiger partial charge in [0.25, 0.3) is 0 Å². The Morgan fingerprint density at radius 1 is 1.65 bits per heavy atom. The first-order chi connectivity index (χ1) is 8.08. The molecule has 2 heterocycles. The average molecular weight is 275 g/mol. The maximum absolute atomic E-state index is 10.7. The topological polar surface area (TPSA) is 42.4 Å². The van der Waals surface area contributed by atoms with E-state index in [1.807, 2.05) is 0 Å². The highest BCUT2D eigenvalue weighted by Gasteiger charge is 2.32. The molecule has 0 aliphatic carbocycles. The number of hydrogen-bond acceptors (Lipinski definition) is 5. The van der Waals surface area contributed by atoms with E-state index in [4.69, 9.17) is 16.3 Å². The van der Waals surface area contributed by atoms with E-state index in [0.717, 1.165) is 37.3 Å². The predicted octanol–water partition coefficient (Wildman–Crippen LogP) is 2.61. The molecule has 0 spiro atoms. The fourth-order valence-electron chi connectivity index (χ4n) is 2.05. The quantitative estimate of drug-likeness (QED) is 0.795. The van der Waals surface area contributed by atoms with Crippen molar-refractivity contribution in [1.82, 2.24) is 4.98 Å². The minimum absolute atomic E-state index is 0.141. The zero-order valence-electron chi connectivity index (χ0n) is 9.90. The van der Waals surface area contributed by atoms with Crippen LogP contribution in [0.3, 0.4) is 0 Å². The van der Waals surface area contributed by atoms with Gasteiger partial charge >= 0.3 is 0 Å². The number of anilines is 1. The van der Waals surface area contributed by atoms with E-state index in [1.54, 1.807) is 7.11 Å². The number of ether oxygens (including phenoxy) is 1. The highest BCUT2D eigenvalue weighted by Crippen LogP contribution is 2.33. The molecule has 0 aromatic carbocycles. The molecule has 1 aromatic heterocycles. The van der Waals surface area contributed by atoms with Crippen LogP contribution in [0.5, 0.6) is 0 Å². The molecule has 1 aliphatic rings. The standard InChI is InChI=1S/C11H15ClN2O2S/c1-11(16-2)4-3-5-14(7-11)10-13-9(12)8(6-15)17-10/h6H,3-5,7H2,1-2H3. The molecule has 2 rings (SSSR count). The van der Waals surface area contributed by atoms with Crippen LogP contribution in [0, 0.1) is 0 Å². The second kappa shape index (κ2) is 4.92. The first kappa shape index (κ1) is 12.8. The lowest BCUT2D eigenvalue weighted by atomic mass is 9.95. The Kier molecular flexibility index (Phi) is 3.70. The van der Waals surface area contributed by atoms with Gasteiger partial charge in [-0.15, -0.1) is 0 Å². The van der Waals surface area contributed by atoms with Gasteiger partial charge in [-0.2, -0.15) is 0 Å². The van der Waals surface area contributed by atoms with Crippen molar-refractivity contribution in [2.45, 2.75) is 25.4 Å². The largest absolute Gasteiger partial charge is 0.377 e. The Hall–Kier alpha value is -0.650. The van der Waals surface area contributed by atoms with Crippen molar-refractivity contribution in [3.8, 4) is 0 Å². The van der Waals surface area contributed by atoms with Crippen molar-refractivity contribution >= 4 is 34.4 Å². The van der Waals surface area contributed by atoms with Crippen LogP contribution in [0.15, 0.2) is 0 Å². The van der Waals surface area contributed by atoms with Gasteiger partial charge < -0.3 is 9.64 Å². The van der Waals surface area contributed by atoms with Gasteiger partial charge in [0.2, 0.25) is 0 Å². The third-order valence-corrected chi connectivity index (χ3v) is 4.57. The van der Waals surface area contributed by atoms with Gasteiger partial charge in [-0.3, -0.25) is 4.79 Å². The number of thiazole rings is 1. The van der Waals surface area contributed by atoms with Crippen LogP contribution < -0.4 is 4.90 Å². The first-order valence-electron chi connectivity index (χ1n) is 5.49. The molecule has 1 aliphatic heterocycles. The SMILES string of the molecule is COC1(C)CCCN(c2nc(Cl)c(C=O)s2)C1. The second-order valence-corrected chi connectivity index (χ2v) is 5.82. The average Bonchev–Trinajstić information content (AvgIpc) is 2.71. The Labute approximate surface area is 110 Å². The summed E-state index contributed by atoms with van der Waals surface area (Å²) in [6, 6.07) is 0. The fourth-order valence-corrected chi connectivity index (χ4v) is 3.13. The molecule has 0 N–H and O–H groups in total. The number of aldehydes is 1. The molecule has 1 atom stereocenters. The van der Waals surface area contributed by atoms with Gasteiger partial charge in [-0.05, 0) is 19.8 Å². The van der Waals surface area contributed by atoms with Crippen molar-refractivity contribution < 1.29 is 9.53 Å². The summed E-state index contributed by atoms with van der Waals surface area (Å²) in [5.41, 5.74) is -0.141. The van der Waals surface area contributed by atoms with Crippen LogP contribution in [-0.2, 0) is 4.74 Å². The van der Waals surface area contributed by atoms with E-state index in [1.165, 1.54) is 11.3 Å². The molecule has 1 fully saturated rings. The molecule has 1 saturated heterocycles. The minimum Gasteiger partial charge on any atom is -0.377 e. The van der Waals surface area contributed by atoms with Crippen LogP contribution in [0.1, 0.15) is 29.4 Å². The lowest BCUT2D eigenvalue weighted by Gasteiger charge is -2.39. The molecular weight excluding hydrogens is 260 g/mol. The molecule has 94 valence electrons. The third-order valence-electron chi connectivity index (χ3n) is 3.13. The molecule has 0 radical (unpaired) electrons. The normalized spacial score (nSPS) is 25.0. The lowest BCUT2D eigenvalue weighted by molar-refractivity contribution is -0.00466. The molecule has 1 unspecified atom stereocenters. The molecule has 6 heteroatoms. The molecule has 0 amide bonds. The summed E-state index contributed by atoms with van der Waals surface area (Å²) in [5.74, 6) is 0. The molecule has 0 saturated carbocycles. The highest BCUT2D eigenvalue weighted by atomic mass is 35.5. The van der Waals surface area contributed by atoms with E-state index in [0.29, 0.717) is 10.0 Å². The minimum atomic E-state index is -0.141. The van der Waals surface area contributed by atoms with Crippen molar-refractivity contribution in [1.29, 1.82) is 0 Å². The number of rotatable bonds is 3. The van der Waals surface area contributed by atoms with Gasteiger partial charge in [0, 0.05) is 20.2 Å². The summed E-state index contributed by atoms with van der Waals surface area (Å²) in [6.45, 7) is 3.81. The maximum Gasteiger partial charge on any atom is 0.187 e. The summed E-state index contributed by atoms with van der Waals surface area (Å²) < 4.78 is 5.53. The summed E-state index contributed by atoms with van der Waals surface area (Å²) in [4.78, 5) is 17.6. The number of aromatic nitrogens is 1. The van der Waals surface area contributed by atoms with E-state index >= 15 is 0 Å². The maximum atomic E-state index is 10.7. The number of halogens is 1. The number of piperidine rings is 1. The third kappa shape index (κ3) is 2.61. The number of carbonyl (C=O) groups excluding carboxylic acids is 1. The Morgan fingerprint density at radius 3 is 3.00 bits per heavy atom. The summed E-state index contributed by atoms with van der Waals surface area (Å²) in [6.07, 6.45) is 2.85. The van der Waals surface area contributed by atoms with Crippen molar-refractivity contribution in [3.63, 3.8) is 0 Å². The van der Waals surface area contributed by atoms with E-state index < -0.39 is 0 Å². The molecule has 17 heavy (non-hydrogen) atoms. The van der Waals surface area contributed by atoms with Crippen LogP contribution >= 0.6 is 22.9 Å². The van der Waals surface area contributed by atoms with Gasteiger partial charge in [-0.1, -0.05) is 22.9 Å². The van der Waals surface area contributed by atoms with Crippen molar-refractivity contribution in [2.75, 3.05) is 25.1 Å². The Morgan fingerprint density at radius 2 is 2.41 bits per heavy atom. The van der Waals surface area contributed by atoms with E-state index in [2.05, 4.69) is 16.8 Å². The summed E-state index contributed by atoms with van der Waals surface area (Å²) in [7, 11) is 1.73. The van der Waals surface area contributed by atoms with Gasteiger partial charge in [0.15, 0.2) is 16.6 Å². The summed E-state index contributed by atoms with van der Waals surface area (Å²) >= 11 is 7.22. The van der Waals surface area contributed by atoms with E-state index in [9.17, 15) is 4.79 Å². The van der Waals surface area contributed by atoms with Crippen LogP contribution in [0.4, 0.5) is 5.13 Å². The zero-order chi connectivity index (χ0) is 12.5. The van der Waals surface area contributed by atoms with Crippen molar-refractivity contribution in [2.24, 2.45) is 0 Å². The number of hydrogen-bond donors (Lipinski definition) is 0. The molecular formula is C11H15ClN2O2S. The second-order valence-electron chi connectivity index (χ2n) is 4.45. The molecule has 0 bridgehead atoms. The number of methoxy groups -OCH3 is 1. The zero-order valence-corrected chi connectivity index (χ0v) is 11.5. The van der Waals surface area contributed by atoms with Crippen molar-refractivity contribution in [3.05, 3.63) is 10.0 Å².